The van der Waals surface area contributed by atoms with Gasteiger partial charge < -0.3 is 9.88 Å². The van der Waals surface area contributed by atoms with E-state index in [1.54, 1.807) is 18.3 Å². The maximum absolute atomic E-state index is 13.1. The predicted molar refractivity (Wildman–Crippen MR) is 76.9 cm³/mol. The summed E-state index contributed by atoms with van der Waals surface area (Å²) >= 11 is 0. The van der Waals surface area contributed by atoms with Crippen molar-refractivity contribution in [3.05, 3.63) is 53.9 Å². The summed E-state index contributed by atoms with van der Waals surface area (Å²) in [4.78, 5) is 16.6. The molecule has 1 aliphatic rings. The van der Waals surface area contributed by atoms with Gasteiger partial charge in [-0.3, -0.25) is 4.79 Å². The van der Waals surface area contributed by atoms with Crippen LogP contribution in [0.2, 0.25) is 0 Å². The normalized spacial score (nSPS) is 21.9. The van der Waals surface area contributed by atoms with Gasteiger partial charge in [-0.1, -0.05) is 19.1 Å². The third-order valence-electron chi connectivity index (χ3n) is 4.05. The van der Waals surface area contributed by atoms with E-state index in [1.807, 2.05) is 17.8 Å². The van der Waals surface area contributed by atoms with Gasteiger partial charge in [-0.05, 0) is 30.0 Å². The lowest BCUT2D eigenvalue weighted by Crippen LogP contribution is -2.32. The Bertz CT molecular complexity index is 650. The molecule has 1 aromatic carbocycles. The molecule has 1 amide bonds. The topological polar surface area (TPSA) is 46.9 Å². The van der Waals surface area contributed by atoms with E-state index >= 15 is 0 Å². The molecule has 0 bridgehead atoms. The first kappa shape index (κ1) is 13.8. The highest BCUT2D eigenvalue weighted by molar-refractivity contribution is 5.82. The molecule has 110 valence electrons. The lowest BCUT2D eigenvalue weighted by molar-refractivity contribution is -0.123. The van der Waals surface area contributed by atoms with Gasteiger partial charge in [0, 0.05) is 25.4 Å². The van der Waals surface area contributed by atoms with E-state index in [2.05, 4.69) is 17.2 Å². The van der Waals surface area contributed by atoms with Crippen molar-refractivity contribution in [3.63, 3.8) is 0 Å². The van der Waals surface area contributed by atoms with Crippen molar-refractivity contribution < 1.29 is 9.18 Å². The van der Waals surface area contributed by atoms with Crippen LogP contribution in [0.25, 0.3) is 0 Å². The molecule has 0 aliphatic heterocycles. The van der Waals surface area contributed by atoms with E-state index in [9.17, 15) is 9.18 Å². The number of benzene rings is 1. The fourth-order valence-electron chi connectivity index (χ4n) is 2.54. The number of hydrogen-bond donors (Lipinski definition) is 1. The number of aryl methyl sites for hydroxylation is 1. The Morgan fingerprint density at radius 2 is 2.10 bits per heavy atom. The molecule has 4 nitrogen and oxygen atoms in total. The lowest BCUT2D eigenvalue weighted by atomic mass is 10.1. The highest BCUT2D eigenvalue weighted by atomic mass is 19.1. The molecule has 0 radical (unpaired) electrons. The number of nitrogens with one attached hydrogen (secondary N) is 1. The predicted octanol–water partition coefficient (Wildman–Crippen LogP) is 2.42. The Morgan fingerprint density at radius 3 is 2.62 bits per heavy atom. The summed E-state index contributed by atoms with van der Waals surface area (Å²) in [7, 11) is 1.88. The number of amides is 1. The number of nitrogens with zero attached hydrogens (tertiary/aromatic N) is 2. The molecule has 1 N–H and O–H groups in total. The minimum Gasteiger partial charge on any atom is -0.342 e. The van der Waals surface area contributed by atoms with E-state index in [0.717, 1.165) is 17.8 Å². The summed E-state index contributed by atoms with van der Waals surface area (Å²) in [6, 6.07) is 5.82. The molecular weight excluding hydrogens is 269 g/mol. The van der Waals surface area contributed by atoms with Gasteiger partial charge in [0.25, 0.3) is 0 Å². The van der Waals surface area contributed by atoms with Crippen LogP contribution in [0, 0.1) is 17.7 Å². The number of carbonyl (C=O) groups is 1. The van der Waals surface area contributed by atoms with Crippen LogP contribution >= 0.6 is 0 Å². The second-order valence-electron chi connectivity index (χ2n) is 5.71. The zero-order valence-corrected chi connectivity index (χ0v) is 12.1. The maximum atomic E-state index is 13.1. The van der Waals surface area contributed by atoms with Crippen LogP contribution in [0.1, 0.15) is 30.8 Å². The quantitative estimate of drug-likeness (QED) is 0.938. The third-order valence-corrected chi connectivity index (χ3v) is 4.05. The van der Waals surface area contributed by atoms with Crippen molar-refractivity contribution in [2.45, 2.75) is 19.4 Å². The first-order valence-electron chi connectivity index (χ1n) is 7.09. The minimum atomic E-state index is -0.356. The number of imidazole rings is 1. The summed E-state index contributed by atoms with van der Waals surface area (Å²) < 4.78 is 15.0. The summed E-state index contributed by atoms with van der Waals surface area (Å²) in [5.74, 6) is 1.02. The first-order chi connectivity index (χ1) is 10.1. The van der Waals surface area contributed by atoms with Crippen molar-refractivity contribution in [3.8, 4) is 0 Å². The smallest absolute Gasteiger partial charge is 0.224 e. The molecule has 0 unspecified atom stereocenters. The zero-order chi connectivity index (χ0) is 15.0. The zero-order valence-electron chi connectivity index (χ0n) is 12.1. The molecule has 1 heterocycles. The molecule has 0 saturated heterocycles. The minimum absolute atomic E-state index is 0.0415. The summed E-state index contributed by atoms with van der Waals surface area (Å²) in [6.45, 7) is 2.07. The molecule has 1 fully saturated rings. The van der Waals surface area contributed by atoms with Crippen molar-refractivity contribution in [2.24, 2.45) is 18.9 Å². The standard InChI is InChI=1S/C16H18FN3O/c1-10-9-13(10)16(21)19-14(15-18-7-8-20(15)2)11-3-5-12(17)6-4-11/h3-8,10,13-14H,9H2,1-2H3,(H,19,21)/t10-,13+,14+/m1/s1. The van der Waals surface area contributed by atoms with Gasteiger partial charge in [-0.2, -0.15) is 0 Å². The lowest BCUT2D eigenvalue weighted by Gasteiger charge is -2.19. The molecule has 1 saturated carbocycles. The van der Waals surface area contributed by atoms with E-state index in [0.29, 0.717) is 5.92 Å². The SMILES string of the molecule is C[C@@H]1C[C@@H]1C(=O)N[C@@H](c1ccc(F)cc1)c1nccn1C. The fourth-order valence-corrected chi connectivity index (χ4v) is 2.54. The van der Waals surface area contributed by atoms with Crippen molar-refractivity contribution in [1.82, 2.24) is 14.9 Å². The highest BCUT2D eigenvalue weighted by Gasteiger charge is 2.40. The van der Waals surface area contributed by atoms with Gasteiger partial charge in [-0.25, -0.2) is 9.37 Å². The van der Waals surface area contributed by atoms with Crippen molar-refractivity contribution in [1.29, 1.82) is 0 Å². The number of halogens is 1. The maximum Gasteiger partial charge on any atom is 0.224 e. The number of hydrogen-bond acceptors (Lipinski definition) is 2. The monoisotopic (exact) mass is 287 g/mol. The molecule has 1 aliphatic carbocycles. The van der Waals surface area contributed by atoms with Gasteiger partial charge in [-0.15, -0.1) is 0 Å². The molecule has 5 heteroatoms. The van der Waals surface area contributed by atoms with E-state index < -0.39 is 0 Å². The van der Waals surface area contributed by atoms with E-state index in [-0.39, 0.29) is 23.7 Å². The Morgan fingerprint density at radius 1 is 1.43 bits per heavy atom. The highest BCUT2D eigenvalue weighted by Crippen LogP contribution is 2.38. The van der Waals surface area contributed by atoms with E-state index in [1.165, 1.54) is 12.1 Å². The Hall–Kier alpha value is -2.17. The van der Waals surface area contributed by atoms with Gasteiger partial charge in [0.2, 0.25) is 5.91 Å². The van der Waals surface area contributed by atoms with Crippen molar-refractivity contribution in [2.75, 3.05) is 0 Å². The van der Waals surface area contributed by atoms with Gasteiger partial charge >= 0.3 is 0 Å². The first-order valence-corrected chi connectivity index (χ1v) is 7.09. The van der Waals surface area contributed by atoms with Crippen LogP contribution in [0.4, 0.5) is 4.39 Å². The second-order valence-corrected chi connectivity index (χ2v) is 5.71. The fraction of sp³-hybridized carbons (Fsp3) is 0.375. The molecule has 1 aromatic heterocycles. The number of rotatable bonds is 4. The van der Waals surface area contributed by atoms with E-state index in [4.69, 9.17) is 0 Å². The van der Waals surface area contributed by atoms with Crippen LogP contribution in [0.15, 0.2) is 36.7 Å². The Labute approximate surface area is 123 Å². The molecule has 3 atom stereocenters. The summed E-state index contributed by atoms with van der Waals surface area (Å²) in [5.41, 5.74) is 0.826. The van der Waals surface area contributed by atoms with Crippen LogP contribution in [0.5, 0.6) is 0 Å². The molecule has 3 rings (SSSR count). The molecule has 0 spiro atoms. The van der Waals surface area contributed by atoms with Crippen LogP contribution in [0.3, 0.4) is 0 Å². The number of aromatic nitrogens is 2. The van der Waals surface area contributed by atoms with Gasteiger partial charge in [0.05, 0.1) is 0 Å². The van der Waals surface area contributed by atoms with Crippen molar-refractivity contribution >= 4 is 5.91 Å². The Kier molecular flexibility index (Phi) is 3.49. The largest absolute Gasteiger partial charge is 0.342 e. The molecule has 21 heavy (non-hydrogen) atoms. The average molecular weight is 287 g/mol. The second kappa shape index (κ2) is 5.31. The molecular formula is C16H18FN3O. The average Bonchev–Trinajstić information content (AvgIpc) is 3.05. The van der Waals surface area contributed by atoms with Gasteiger partial charge in [0.15, 0.2) is 0 Å². The summed E-state index contributed by atoms with van der Waals surface area (Å²) in [5, 5.41) is 3.04. The summed E-state index contributed by atoms with van der Waals surface area (Å²) in [6.07, 6.45) is 4.46. The molecule has 2 aromatic rings. The number of carbonyl (C=O) groups excluding carboxylic acids is 1. The van der Waals surface area contributed by atoms with Crippen LogP contribution in [-0.2, 0) is 11.8 Å². The third kappa shape index (κ3) is 2.82. The van der Waals surface area contributed by atoms with Gasteiger partial charge in [0.1, 0.15) is 17.7 Å². The van der Waals surface area contributed by atoms with Crippen LogP contribution in [-0.4, -0.2) is 15.5 Å². The van der Waals surface area contributed by atoms with Crippen LogP contribution < -0.4 is 5.32 Å². The Balaban J connectivity index is 1.89.